The summed E-state index contributed by atoms with van der Waals surface area (Å²) in [4.78, 5) is 21.2. The van der Waals surface area contributed by atoms with Gasteiger partial charge in [-0.3, -0.25) is 14.8 Å². The van der Waals surface area contributed by atoms with Gasteiger partial charge in [0.15, 0.2) is 0 Å². The number of nitrogens with one attached hydrogen (secondary N) is 1. The fraction of sp³-hybridized carbons (Fsp3) is 0.350. The topological polar surface area (TPSA) is 79.3 Å². The maximum Gasteiger partial charge on any atom is 0.271 e. The van der Waals surface area contributed by atoms with Gasteiger partial charge in [-0.25, -0.2) is 4.98 Å². The molecule has 1 saturated heterocycles. The van der Waals surface area contributed by atoms with E-state index in [4.69, 9.17) is 4.74 Å². The largest absolute Gasteiger partial charge is 0.496 e. The number of hydrogen-bond acceptors (Lipinski definition) is 5. The minimum Gasteiger partial charge on any atom is -0.496 e. The first-order valence-electron chi connectivity index (χ1n) is 9.41. The molecule has 3 aromatic rings. The van der Waals surface area contributed by atoms with Crippen molar-refractivity contribution in [2.45, 2.75) is 6.54 Å². The third kappa shape index (κ3) is 3.91. The number of H-pyrrole nitrogens is 1. The number of piperazine rings is 1. The number of para-hydroxylation sites is 1. The molecule has 8 heteroatoms. The number of aromatic amines is 1. The number of aromatic nitrogens is 4. The SMILES string of the molecule is COc1ccccc1-c1cc(C(=O)N2CCN(CCn3ccnc3)CC2)[nH]n1. The molecule has 1 aliphatic rings. The first kappa shape index (κ1) is 18.2. The van der Waals surface area contributed by atoms with Gasteiger partial charge in [0, 0.05) is 57.2 Å². The van der Waals surface area contributed by atoms with Crippen molar-refractivity contribution in [3.05, 3.63) is 54.7 Å². The number of benzene rings is 1. The van der Waals surface area contributed by atoms with Crippen LogP contribution in [0.3, 0.4) is 0 Å². The number of rotatable bonds is 6. The highest BCUT2D eigenvalue weighted by atomic mass is 16.5. The summed E-state index contributed by atoms with van der Waals surface area (Å²) < 4.78 is 7.46. The molecule has 2 aromatic heterocycles. The summed E-state index contributed by atoms with van der Waals surface area (Å²) in [6.07, 6.45) is 5.59. The van der Waals surface area contributed by atoms with Crippen molar-refractivity contribution in [2.24, 2.45) is 0 Å². The summed E-state index contributed by atoms with van der Waals surface area (Å²) in [5, 5.41) is 7.20. The van der Waals surface area contributed by atoms with E-state index in [9.17, 15) is 4.79 Å². The molecule has 4 rings (SSSR count). The van der Waals surface area contributed by atoms with E-state index in [1.807, 2.05) is 41.7 Å². The van der Waals surface area contributed by atoms with E-state index in [2.05, 4.69) is 24.6 Å². The van der Waals surface area contributed by atoms with Crippen LogP contribution < -0.4 is 4.74 Å². The second kappa shape index (κ2) is 8.26. The summed E-state index contributed by atoms with van der Waals surface area (Å²) in [5.41, 5.74) is 2.08. The van der Waals surface area contributed by atoms with Crippen molar-refractivity contribution >= 4 is 5.91 Å². The van der Waals surface area contributed by atoms with Gasteiger partial charge in [-0.1, -0.05) is 12.1 Å². The molecule has 1 N–H and O–H groups in total. The molecule has 146 valence electrons. The number of nitrogens with zero attached hydrogens (tertiary/aromatic N) is 5. The van der Waals surface area contributed by atoms with Gasteiger partial charge < -0.3 is 14.2 Å². The van der Waals surface area contributed by atoms with E-state index < -0.39 is 0 Å². The highest BCUT2D eigenvalue weighted by molar-refractivity contribution is 5.93. The normalized spacial score (nSPS) is 15.0. The number of ether oxygens (including phenoxy) is 1. The minimum atomic E-state index is -0.0112. The Morgan fingerprint density at radius 1 is 1.18 bits per heavy atom. The first-order valence-corrected chi connectivity index (χ1v) is 9.41. The van der Waals surface area contributed by atoms with E-state index in [1.54, 1.807) is 19.4 Å². The molecule has 0 spiro atoms. The molecule has 1 amide bonds. The maximum absolute atomic E-state index is 12.8. The molecule has 28 heavy (non-hydrogen) atoms. The van der Waals surface area contributed by atoms with Crippen LogP contribution in [0.4, 0.5) is 0 Å². The Kier molecular flexibility index (Phi) is 5.38. The standard InChI is InChI=1S/C20H24N6O2/c1-28-19-5-3-2-4-16(19)17-14-18(23-22-17)20(27)26-12-10-24(11-13-26)8-9-25-7-6-21-15-25/h2-7,14-15H,8-13H2,1H3,(H,22,23). The van der Waals surface area contributed by atoms with Gasteiger partial charge in [-0.2, -0.15) is 5.10 Å². The Balaban J connectivity index is 1.35. The molecule has 0 atom stereocenters. The Bertz CT molecular complexity index is 912. The molecule has 1 aromatic carbocycles. The summed E-state index contributed by atoms with van der Waals surface area (Å²) in [6.45, 7) is 5.04. The van der Waals surface area contributed by atoms with E-state index in [0.717, 1.165) is 37.5 Å². The zero-order chi connectivity index (χ0) is 19.3. The van der Waals surface area contributed by atoms with Crippen molar-refractivity contribution in [2.75, 3.05) is 39.8 Å². The number of carbonyl (C=O) groups excluding carboxylic acids is 1. The van der Waals surface area contributed by atoms with Gasteiger partial charge >= 0.3 is 0 Å². The fourth-order valence-electron chi connectivity index (χ4n) is 3.45. The minimum absolute atomic E-state index is 0.0112. The number of imidazole rings is 1. The van der Waals surface area contributed by atoms with Gasteiger partial charge in [0.05, 0.1) is 19.1 Å². The van der Waals surface area contributed by atoms with Crippen molar-refractivity contribution in [1.29, 1.82) is 0 Å². The average molecular weight is 380 g/mol. The lowest BCUT2D eigenvalue weighted by atomic mass is 10.1. The lowest BCUT2D eigenvalue weighted by molar-refractivity contribution is 0.0627. The van der Waals surface area contributed by atoms with Gasteiger partial charge in [-0.05, 0) is 18.2 Å². The number of carbonyl (C=O) groups is 1. The highest BCUT2D eigenvalue weighted by Crippen LogP contribution is 2.28. The Hall–Kier alpha value is -3.13. The Morgan fingerprint density at radius 2 is 2.00 bits per heavy atom. The third-order valence-electron chi connectivity index (χ3n) is 5.08. The molecular formula is C20H24N6O2. The molecule has 0 radical (unpaired) electrons. The molecular weight excluding hydrogens is 356 g/mol. The smallest absolute Gasteiger partial charge is 0.271 e. The van der Waals surface area contributed by atoms with Gasteiger partial charge in [0.25, 0.3) is 5.91 Å². The summed E-state index contributed by atoms with van der Waals surface area (Å²) in [6, 6.07) is 9.45. The van der Waals surface area contributed by atoms with E-state index in [1.165, 1.54) is 0 Å². The fourth-order valence-corrected chi connectivity index (χ4v) is 3.45. The van der Waals surface area contributed by atoms with Gasteiger partial charge in [0.2, 0.25) is 0 Å². The number of hydrogen-bond donors (Lipinski definition) is 1. The summed E-state index contributed by atoms with van der Waals surface area (Å²) >= 11 is 0. The Labute approximate surface area is 163 Å². The number of amides is 1. The van der Waals surface area contributed by atoms with E-state index >= 15 is 0 Å². The molecule has 0 aliphatic carbocycles. The van der Waals surface area contributed by atoms with E-state index in [0.29, 0.717) is 24.5 Å². The quantitative estimate of drug-likeness (QED) is 0.705. The van der Waals surface area contributed by atoms with Crippen molar-refractivity contribution in [3.8, 4) is 17.0 Å². The van der Waals surface area contributed by atoms with Crippen LogP contribution >= 0.6 is 0 Å². The van der Waals surface area contributed by atoms with Crippen LogP contribution in [0.25, 0.3) is 11.3 Å². The summed E-state index contributed by atoms with van der Waals surface area (Å²) in [5.74, 6) is 0.724. The molecule has 1 fully saturated rings. The predicted octanol–water partition coefficient (Wildman–Crippen LogP) is 1.74. The monoisotopic (exact) mass is 380 g/mol. The zero-order valence-electron chi connectivity index (χ0n) is 15.9. The third-order valence-corrected chi connectivity index (χ3v) is 5.08. The average Bonchev–Trinajstić information content (AvgIpc) is 3.44. The van der Waals surface area contributed by atoms with E-state index in [-0.39, 0.29) is 5.91 Å². The van der Waals surface area contributed by atoms with Gasteiger partial charge in [-0.15, -0.1) is 0 Å². The Morgan fingerprint density at radius 3 is 2.75 bits per heavy atom. The second-order valence-electron chi connectivity index (χ2n) is 6.80. The van der Waals surface area contributed by atoms with Crippen LogP contribution in [-0.2, 0) is 6.54 Å². The lowest BCUT2D eigenvalue weighted by Crippen LogP contribution is -2.49. The van der Waals surface area contributed by atoms with Crippen LogP contribution in [-0.4, -0.2) is 75.3 Å². The van der Waals surface area contributed by atoms with Crippen molar-refractivity contribution in [3.63, 3.8) is 0 Å². The number of methoxy groups -OCH3 is 1. The van der Waals surface area contributed by atoms with Crippen LogP contribution in [0.15, 0.2) is 49.1 Å². The van der Waals surface area contributed by atoms with Crippen LogP contribution in [0.2, 0.25) is 0 Å². The summed E-state index contributed by atoms with van der Waals surface area (Å²) in [7, 11) is 1.63. The van der Waals surface area contributed by atoms with Crippen LogP contribution in [0.5, 0.6) is 5.75 Å². The van der Waals surface area contributed by atoms with Crippen molar-refractivity contribution < 1.29 is 9.53 Å². The van der Waals surface area contributed by atoms with Crippen LogP contribution in [0.1, 0.15) is 10.5 Å². The zero-order valence-corrected chi connectivity index (χ0v) is 15.9. The first-order chi connectivity index (χ1) is 13.7. The predicted molar refractivity (Wildman–Crippen MR) is 105 cm³/mol. The lowest BCUT2D eigenvalue weighted by Gasteiger charge is -2.34. The maximum atomic E-state index is 12.8. The molecule has 8 nitrogen and oxygen atoms in total. The van der Waals surface area contributed by atoms with Crippen LogP contribution in [0, 0.1) is 0 Å². The molecule has 0 unspecified atom stereocenters. The highest BCUT2D eigenvalue weighted by Gasteiger charge is 2.23. The van der Waals surface area contributed by atoms with Gasteiger partial charge in [0.1, 0.15) is 11.4 Å². The molecule has 0 saturated carbocycles. The molecule has 1 aliphatic heterocycles. The second-order valence-corrected chi connectivity index (χ2v) is 6.80. The molecule has 3 heterocycles. The molecule has 0 bridgehead atoms. The van der Waals surface area contributed by atoms with Crippen molar-refractivity contribution in [1.82, 2.24) is 29.5 Å².